The van der Waals surface area contributed by atoms with E-state index in [0.717, 1.165) is 40.9 Å². The molecule has 0 saturated carbocycles. The van der Waals surface area contributed by atoms with Crippen molar-refractivity contribution in [2.45, 2.75) is 19.8 Å². The van der Waals surface area contributed by atoms with Gasteiger partial charge in [-0.25, -0.2) is 9.67 Å². The highest BCUT2D eigenvalue weighted by Crippen LogP contribution is 2.26. The zero-order chi connectivity index (χ0) is 19.5. The van der Waals surface area contributed by atoms with Gasteiger partial charge >= 0.3 is 0 Å². The minimum atomic E-state index is -0.0984. The third-order valence-corrected chi connectivity index (χ3v) is 5.44. The molecule has 1 aromatic carbocycles. The smallest absolute Gasteiger partial charge is 0.229 e. The van der Waals surface area contributed by atoms with E-state index in [0.29, 0.717) is 12.4 Å². The molecular weight excluding hydrogens is 422 g/mol. The maximum absolute atomic E-state index is 12.8. The molecule has 0 bridgehead atoms. The molecule has 9 heteroatoms. The van der Waals surface area contributed by atoms with Crippen LogP contribution in [0.2, 0.25) is 0 Å². The second kappa shape index (κ2) is 8.05. The Balaban J connectivity index is 1.43. The molecule has 0 unspecified atom stereocenters. The van der Waals surface area contributed by atoms with Crippen LogP contribution in [0, 0.1) is 12.8 Å². The summed E-state index contributed by atoms with van der Waals surface area (Å²) in [5, 5.41) is 15.6. The number of aromatic nitrogens is 5. The summed E-state index contributed by atoms with van der Waals surface area (Å²) in [5.41, 5.74) is 1.94. The Morgan fingerprint density at radius 3 is 2.75 bits per heavy atom. The Labute approximate surface area is 171 Å². The fourth-order valence-electron chi connectivity index (χ4n) is 3.29. The van der Waals surface area contributed by atoms with E-state index >= 15 is 0 Å². The zero-order valence-electron chi connectivity index (χ0n) is 15.4. The number of nitrogens with zero attached hydrogens (tertiary/aromatic N) is 6. The molecule has 1 fully saturated rings. The van der Waals surface area contributed by atoms with Crippen LogP contribution in [0.4, 0.5) is 11.5 Å². The number of rotatable bonds is 4. The Bertz CT molecular complexity index is 959. The number of nitrogens with one attached hydrogen (secondary N) is 1. The van der Waals surface area contributed by atoms with E-state index in [-0.39, 0.29) is 11.8 Å². The summed E-state index contributed by atoms with van der Waals surface area (Å²) in [6.07, 6.45) is 4.82. The van der Waals surface area contributed by atoms with Gasteiger partial charge in [0.25, 0.3) is 0 Å². The molecule has 3 aromatic rings. The molecule has 1 atom stereocenters. The van der Waals surface area contributed by atoms with Gasteiger partial charge in [0.1, 0.15) is 12.7 Å². The lowest BCUT2D eigenvalue weighted by Crippen LogP contribution is -2.41. The Morgan fingerprint density at radius 1 is 1.21 bits per heavy atom. The number of carbonyl (C=O) groups is 1. The Kier molecular flexibility index (Phi) is 5.34. The number of aryl methyl sites for hydroxylation is 1. The van der Waals surface area contributed by atoms with E-state index in [1.807, 2.05) is 37.3 Å². The second-order valence-electron chi connectivity index (χ2n) is 6.85. The Morgan fingerprint density at radius 2 is 2.04 bits per heavy atom. The molecule has 0 spiro atoms. The van der Waals surface area contributed by atoms with Crippen LogP contribution in [0.25, 0.3) is 5.82 Å². The topological polar surface area (TPSA) is 88.8 Å². The van der Waals surface area contributed by atoms with Crippen molar-refractivity contribution in [3.05, 3.63) is 53.0 Å². The summed E-state index contributed by atoms with van der Waals surface area (Å²) in [6.45, 7) is 3.49. The highest BCUT2D eigenvalue weighted by Gasteiger charge is 2.27. The fraction of sp³-hybridized carbons (Fsp3) is 0.316. The summed E-state index contributed by atoms with van der Waals surface area (Å²) >= 11 is 3.52. The van der Waals surface area contributed by atoms with E-state index in [4.69, 9.17) is 0 Å². The SMILES string of the molecule is Cc1ccc(NC(=O)[C@H]2CCCN(c3ccc(-n4cncn4)nn3)C2)c(Br)c1. The maximum atomic E-state index is 12.8. The summed E-state index contributed by atoms with van der Waals surface area (Å²) in [4.78, 5) is 18.8. The number of hydrogen-bond acceptors (Lipinski definition) is 6. The van der Waals surface area contributed by atoms with Gasteiger partial charge in [0.15, 0.2) is 11.6 Å². The molecule has 0 aliphatic carbocycles. The van der Waals surface area contributed by atoms with E-state index < -0.39 is 0 Å². The first-order chi connectivity index (χ1) is 13.6. The van der Waals surface area contributed by atoms with Gasteiger partial charge in [-0.05, 0) is 65.5 Å². The van der Waals surface area contributed by atoms with Crippen LogP contribution in [0.1, 0.15) is 18.4 Å². The molecule has 1 aliphatic rings. The van der Waals surface area contributed by atoms with Crippen LogP contribution < -0.4 is 10.2 Å². The third-order valence-electron chi connectivity index (χ3n) is 4.79. The van der Waals surface area contributed by atoms with Crippen LogP contribution in [-0.2, 0) is 4.79 Å². The maximum Gasteiger partial charge on any atom is 0.229 e. The number of anilines is 2. The minimum absolute atomic E-state index is 0.0291. The fourth-order valence-corrected chi connectivity index (χ4v) is 3.88. The lowest BCUT2D eigenvalue weighted by atomic mass is 9.97. The van der Waals surface area contributed by atoms with Crippen LogP contribution in [0.3, 0.4) is 0 Å². The largest absolute Gasteiger partial charge is 0.354 e. The second-order valence-corrected chi connectivity index (χ2v) is 7.70. The predicted octanol–water partition coefficient (Wildman–Crippen LogP) is 2.98. The van der Waals surface area contributed by atoms with E-state index in [1.54, 1.807) is 11.0 Å². The average Bonchev–Trinajstić information content (AvgIpc) is 3.25. The highest BCUT2D eigenvalue weighted by atomic mass is 79.9. The van der Waals surface area contributed by atoms with Gasteiger partial charge in [0.2, 0.25) is 5.91 Å². The molecular formula is C19H20BrN7O. The van der Waals surface area contributed by atoms with E-state index in [1.165, 1.54) is 6.33 Å². The Hall–Kier alpha value is -2.81. The molecule has 144 valence electrons. The molecule has 1 saturated heterocycles. The van der Waals surface area contributed by atoms with Crippen LogP contribution in [0.5, 0.6) is 0 Å². The summed E-state index contributed by atoms with van der Waals surface area (Å²) in [5.74, 6) is 1.30. The van der Waals surface area contributed by atoms with Crippen LogP contribution >= 0.6 is 15.9 Å². The molecule has 4 rings (SSSR count). The van der Waals surface area contributed by atoms with Gasteiger partial charge in [-0.2, -0.15) is 5.10 Å². The summed E-state index contributed by atoms with van der Waals surface area (Å²) in [7, 11) is 0. The number of hydrogen-bond donors (Lipinski definition) is 1. The van der Waals surface area contributed by atoms with Crippen molar-refractivity contribution in [1.82, 2.24) is 25.0 Å². The van der Waals surface area contributed by atoms with E-state index in [9.17, 15) is 4.79 Å². The van der Waals surface area contributed by atoms with Crippen molar-refractivity contribution in [2.75, 3.05) is 23.3 Å². The molecule has 1 N–H and O–H groups in total. The average molecular weight is 442 g/mol. The van der Waals surface area contributed by atoms with Crippen molar-refractivity contribution in [3.8, 4) is 5.82 Å². The van der Waals surface area contributed by atoms with Crippen molar-refractivity contribution >= 4 is 33.3 Å². The zero-order valence-corrected chi connectivity index (χ0v) is 17.0. The van der Waals surface area contributed by atoms with Crippen LogP contribution in [-0.4, -0.2) is 44.0 Å². The molecule has 0 radical (unpaired) electrons. The minimum Gasteiger partial charge on any atom is -0.354 e. The lowest BCUT2D eigenvalue weighted by molar-refractivity contribution is -0.120. The molecule has 2 aromatic heterocycles. The molecule has 28 heavy (non-hydrogen) atoms. The number of piperidine rings is 1. The molecule has 8 nitrogen and oxygen atoms in total. The van der Waals surface area contributed by atoms with Gasteiger partial charge in [0.05, 0.1) is 11.6 Å². The van der Waals surface area contributed by atoms with Gasteiger partial charge in [-0.15, -0.1) is 10.2 Å². The molecule has 1 amide bonds. The normalized spacial score (nSPS) is 16.8. The third kappa shape index (κ3) is 4.04. The van der Waals surface area contributed by atoms with Crippen molar-refractivity contribution in [2.24, 2.45) is 5.92 Å². The first-order valence-electron chi connectivity index (χ1n) is 9.11. The number of carbonyl (C=O) groups excluding carboxylic acids is 1. The summed E-state index contributed by atoms with van der Waals surface area (Å²) < 4.78 is 2.45. The molecule has 1 aliphatic heterocycles. The predicted molar refractivity (Wildman–Crippen MR) is 109 cm³/mol. The quantitative estimate of drug-likeness (QED) is 0.669. The standard InChI is InChI=1S/C19H20BrN7O/c1-13-4-5-16(15(20)9-13)23-19(28)14-3-2-8-26(10-14)17-6-7-18(25-24-17)27-12-21-11-22-27/h4-7,9,11-12,14H,2-3,8,10H2,1H3,(H,23,28)/t14-/m0/s1. The monoisotopic (exact) mass is 441 g/mol. The lowest BCUT2D eigenvalue weighted by Gasteiger charge is -2.32. The summed E-state index contributed by atoms with van der Waals surface area (Å²) in [6, 6.07) is 9.66. The van der Waals surface area contributed by atoms with Gasteiger partial charge in [0, 0.05) is 17.6 Å². The van der Waals surface area contributed by atoms with Crippen molar-refractivity contribution in [1.29, 1.82) is 0 Å². The van der Waals surface area contributed by atoms with Gasteiger partial charge in [-0.1, -0.05) is 6.07 Å². The highest BCUT2D eigenvalue weighted by molar-refractivity contribution is 9.10. The number of benzene rings is 1. The van der Waals surface area contributed by atoms with Crippen molar-refractivity contribution in [3.63, 3.8) is 0 Å². The van der Waals surface area contributed by atoms with Crippen LogP contribution in [0.15, 0.2) is 47.5 Å². The van der Waals surface area contributed by atoms with E-state index in [2.05, 4.69) is 46.4 Å². The number of halogens is 1. The number of amides is 1. The first-order valence-corrected chi connectivity index (χ1v) is 9.90. The first kappa shape index (κ1) is 18.5. The van der Waals surface area contributed by atoms with Crippen molar-refractivity contribution < 1.29 is 4.79 Å². The van der Waals surface area contributed by atoms with Gasteiger partial charge < -0.3 is 10.2 Å². The molecule has 3 heterocycles. The van der Waals surface area contributed by atoms with Gasteiger partial charge in [-0.3, -0.25) is 4.79 Å².